The van der Waals surface area contributed by atoms with Crippen molar-refractivity contribution >= 4 is 13.5 Å². The number of rotatable bonds is 2. The summed E-state index contributed by atoms with van der Waals surface area (Å²) in [6, 6.07) is -1.57. The summed E-state index contributed by atoms with van der Waals surface area (Å²) in [5.41, 5.74) is 5.59. The maximum absolute atomic E-state index is 10.8. The van der Waals surface area contributed by atoms with E-state index in [0.29, 0.717) is 0 Å². The van der Waals surface area contributed by atoms with Crippen LogP contribution in [0.4, 0.5) is 0 Å². The topological polar surface area (TPSA) is 212 Å². The Morgan fingerprint density at radius 1 is 1.56 bits per heavy atom. The minimum atomic E-state index is -4.87. The summed E-state index contributed by atoms with van der Waals surface area (Å²) < 4.78 is 10.8. The Kier molecular flexibility index (Phi) is 7.55. The van der Waals surface area contributed by atoms with Crippen LogP contribution in [0.5, 0.6) is 0 Å². The van der Waals surface area contributed by atoms with Crippen molar-refractivity contribution in [2.24, 2.45) is 5.73 Å². The van der Waals surface area contributed by atoms with Crippen molar-refractivity contribution in [1.29, 1.82) is 0 Å². The highest BCUT2D eigenvalue weighted by molar-refractivity contribution is 7.53. The number of nitrogens with two attached hydrogens (primary N) is 1. The van der Waals surface area contributed by atoms with Gasteiger partial charge in [0.1, 0.15) is 0 Å². The van der Waals surface area contributed by atoms with E-state index < -0.39 is 31.1 Å². The number of hydrogen-bond acceptors (Lipinski definition) is 6. The first kappa shape index (κ1) is 19.5. The minimum absolute atomic E-state index is 0. The first-order chi connectivity index (χ1) is 7.21. The van der Waals surface area contributed by atoms with Crippen molar-refractivity contribution in [2.45, 2.75) is 31.5 Å². The molecule has 0 heterocycles. The van der Waals surface area contributed by atoms with Gasteiger partial charge in [0.15, 0.2) is 0 Å². The number of carbonyl (C=O) groups is 1. The van der Waals surface area contributed by atoms with Gasteiger partial charge >= 0.3 is 0 Å². The van der Waals surface area contributed by atoms with Crippen molar-refractivity contribution in [1.82, 2.24) is 17.6 Å². The van der Waals surface area contributed by atoms with Gasteiger partial charge in [-0.05, 0) is 25.4 Å². The second-order valence-corrected chi connectivity index (χ2v) is 5.31. The maximum Gasteiger partial charge on any atom is 0.217 e. The van der Waals surface area contributed by atoms with Gasteiger partial charge in [0.25, 0.3) is 0 Å². The molecule has 0 aromatic carbocycles. The molecule has 1 amide bonds. The van der Waals surface area contributed by atoms with E-state index in [4.69, 9.17) is 5.73 Å². The average Bonchev–Trinajstić information content (AvgIpc) is 2.09. The summed E-state index contributed by atoms with van der Waals surface area (Å²) in [4.78, 5) is 32.3. The van der Waals surface area contributed by atoms with E-state index in [1.165, 1.54) is 6.92 Å². The van der Waals surface area contributed by atoms with Gasteiger partial charge in [0, 0.05) is 13.0 Å². The molecule has 108 valence electrons. The van der Waals surface area contributed by atoms with Gasteiger partial charge < -0.3 is 42.8 Å². The standard InChI is InChI=1S/C8H15N2O5P.2H3N/c1-4(11)10-8-6(9)2-5(3-7(8)12)16(13,14)15;;/h3,6-8,12H,2,9H2,1H3,(H,10,11)(H2,13,14,15);2*1H3/t6-,7+,8+;;/m0../s1. The lowest BCUT2D eigenvalue weighted by Gasteiger charge is -2.40. The molecule has 18 heavy (non-hydrogen) atoms. The summed E-state index contributed by atoms with van der Waals surface area (Å²) in [5.74, 6) is -0.385. The Bertz CT molecular complexity index is 368. The molecule has 1 aliphatic carbocycles. The molecule has 1 rings (SSSR count). The normalized spacial score (nSPS) is 27.4. The van der Waals surface area contributed by atoms with Crippen molar-refractivity contribution in [3.63, 3.8) is 0 Å². The molecule has 0 spiro atoms. The maximum atomic E-state index is 10.8. The minimum Gasteiger partial charge on any atom is -0.808 e. The molecule has 0 saturated heterocycles. The third-order valence-electron chi connectivity index (χ3n) is 2.36. The molecule has 3 atom stereocenters. The van der Waals surface area contributed by atoms with E-state index >= 15 is 0 Å². The largest absolute Gasteiger partial charge is 0.808 e. The van der Waals surface area contributed by atoms with Crippen LogP contribution in [-0.4, -0.2) is 29.2 Å². The Balaban J connectivity index is 0. The molecule has 12 N–H and O–H groups in total. The van der Waals surface area contributed by atoms with Crippen LogP contribution in [0.25, 0.3) is 0 Å². The van der Waals surface area contributed by atoms with Crippen molar-refractivity contribution in [3.8, 4) is 0 Å². The zero-order valence-electron chi connectivity index (χ0n) is 10.6. The van der Waals surface area contributed by atoms with E-state index in [-0.39, 0.29) is 24.6 Å². The fourth-order valence-electron chi connectivity index (χ4n) is 1.62. The highest BCUT2D eigenvalue weighted by Gasteiger charge is 2.31. The van der Waals surface area contributed by atoms with E-state index in [1.54, 1.807) is 0 Å². The molecule has 9 nitrogen and oxygen atoms in total. The van der Waals surface area contributed by atoms with Gasteiger partial charge in [-0.25, -0.2) is 0 Å². The van der Waals surface area contributed by atoms with Crippen LogP contribution in [0.2, 0.25) is 0 Å². The summed E-state index contributed by atoms with van der Waals surface area (Å²) >= 11 is 0. The zero-order chi connectivity index (χ0) is 12.5. The molecule has 0 fully saturated rings. The fourth-order valence-corrected chi connectivity index (χ4v) is 2.39. The highest BCUT2D eigenvalue weighted by atomic mass is 31.2. The third-order valence-corrected chi connectivity index (χ3v) is 3.39. The highest BCUT2D eigenvalue weighted by Crippen LogP contribution is 2.41. The van der Waals surface area contributed by atoms with E-state index in [0.717, 1.165) is 6.08 Å². The van der Waals surface area contributed by atoms with E-state index in [2.05, 4.69) is 5.32 Å². The molecule has 1 aliphatic rings. The predicted octanol–water partition coefficient (Wildman–Crippen LogP) is -1.87. The molecule has 0 aliphatic heterocycles. The lowest BCUT2D eigenvalue weighted by Crippen LogP contribution is -2.55. The second kappa shape index (κ2) is 6.95. The van der Waals surface area contributed by atoms with Crippen LogP contribution in [0.3, 0.4) is 0 Å². The van der Waals surface area contributed by atoms with Crippen molar-refractivity contribution in [2.75, 3.05) is 0 Å². The van der Waals surface area contributed by atoms with Gasteiger partial charge in [0.2, 0.25) is 5.91 Å². The van der Waals surface area contributed by atoms with Crippen molar-refractivity contribution in [3.05, 3.63) is 11.4 Å². The lowest BCUT2D eigenvalue weighted by atomic mass is 9.94. The van der Waals surface area contributed by atoms with E-state index in [1.807, 2.05) is 0 Å². The molecule has 0 bridgehead atoms. The molecule has 0 aromatic heterocycles. The van der Waals surface area contributed by atoms with Gasteiger partial charge in [-0.3, -0.25) is 4.79 Å². The molecule has 0 aromatic rings. The molecule has 10 heteroatoms. The predicted molar refractivity (Wildman–Crippen MR) is 63.9 cm³/mol. The van der Waals surface area contributed by atoms with Crippen LogP contribution < -0.4 is 33.1 Å². The van der Waals surface area contributed by atoms with Gasteiger partial charge in [-0.1, -0.05) is 0 Å². The van der Waals surface area contributed by atoms with Crippen LogP contribution in [0, 0.1) is 0 Å². The molecule has 0 saturated carbocycles. The second-order valence-electron chi connectivity index (χ2n) is 3.74. The summed E-state index contributed by atoms with van der Waals surface area (Å²) in [7, 11) is -4.87. The average molecular weight is 284 g/mol. The van der Waals surface area contributed by atoms with Crippen LogP contribution in [0.15, 0.2) is 11.4 Å². The number of quaternary nitrogens is 2. The van der Waals surface area contributed by atoms with Gasteiger partial charge in [-0.2, -0.15) is 0 Å². The fraction of sp³-hybridized carbons (Fsp3) is 0.625. The summed E-state index contributed by atoms with van der Waals surface area (Å²) in [6.07, 6.45) is -0.504. The first-order valence-corrected chi connectivity index (χ1v) is 6.20. The van der Waals surface area contributed by atoms with Crippen LogP contribution >= 0.6 is 7.60 Å². The number of aliphatic hydroxyl groups excluding tert-OH is 1. The Morgan fingerprint density at radius 3 is 2.39 bits per heavy atom. The number of aliphatic hydroxyl groups is 1. The summed E-state index contributed by atoms with van der Waals surface area (Å²) in [5, 5.41) is 11.5. The number of nitrogens with one attached hydrogen (secondary N) is 1. The molecular formula is C8H21N4O5P. The summed E-state index contributed by atoms with van der Waals surface area (Å²) in [6.45, 7) is 1.25. The Hall–Kier alpha value is -0.800. The molecular weight excluding hydrogens is 263 g/mol. The molecule has 0 unspecified atom stereocenters. The van der Waals surface area contributed by atoms with Gasteiger partial charge in [0.05, 0.1) is 12.1 Å². The SMILES string of the molecule is CC(=O)N[C@H]1[C@H](O)C=C(P(=O)([O-])[O-])C[C@@H]1N.[NH4+].[NH4+]. The quantitative estimate of drug-likeness (QED) is 0.366. The van der Waals surface area contributed by atoms with Crippen molar-refractivity contribution < 1.29 is 24.3 Å². The number of amides is 1. The number of hydrogen-bond donors (Lipinski definition) is 5. The monoisotopic (exact) mass is 284 g/mol. The lowest BCUT2D eigenvalue weighted by molar-refractivity contribution is -0.310. The van der Waals surface area contributed by atoms with Crippen LogP contribution in [-0.2, 0) is 9.36 Å². The molecule has 0 radical (unpaired) electrons. The Labute approximate surface area is 105 Å². The van der Waals surface area contributed by atoms with Crippen LogP contribution in [0.1, 0.15) is 13.3 Å². The number of carbonyl (C=O) groups excluding carboxylic acids is 1. The zero-order valence-corrected chi connectivity index (χ0v) is 11.5. The van der Waals surface area contributed by atoms with E-state index in [9.17, 15) is 24.3 Å². The van der Waals surface area contributed by atoms with Gasteiger partial charge in [-0.15, -0.1) is 0 Å². The Morgan fingerprint density at radius 2 is 2.06 bits per heavy atom. The third kappa shape index (κ3) is 4.83. The smallest absolute Gasteiger partial charge is 0.217 e. The first-order valence-electron chi connectivity index (χ1n) is 4.66.